The minimum atomic E-state index is -1.25. The summed E-state index contributed by atoms with van der Waals surface area (Å²) in [5.74, 6) is -1.08. The van der Waals surface area contributed by atoms with Gasteiger partial charge < -0.3 is 27.1 Å². The summed E-state index contributed by atoms with van der Waals surface area (Å²) in [6, 6.07) is 2.58. The second kappa shape index (κ2) is 11.9. The van der Waals surface area contributed by atoms with Crippen molar-refractivity contribution < 1.29 is 24.7 Å². The molecule has 17 heteroatoms. The number of thioether (sulfide) groups is 3. The summed E-state index contributed by atoms with van der Waals surface area (Å²) >= 11 is 11.1. The Morgan fingerprint density at radius 1 is 1.41 bits per heavy atom. The molecule has 0 aromatic carbocycles. The number of nitrogens with two attached hydrogens (primary N) is 2. The summed E-state index contributed by atoms with van der Waals surface area (Å²) in [5, 5.41) is 24.2. The lowest BCUT2D eigenvalue weighted by molar-refractivity contribution is -0.150. The van der Waals surface area contributed by atoms with Crippen molar-refractivity contribution in [1.29, 1.82) is 0 Å². The number of nitrogen functional groups attached to an aromatic ring is 1. The number of amides is 2. The number of carbonyl (C=O) groups excluding carboxylic acids is 2. The van der Waals surface area contributed by atoms with Crippen LogP contribution in [0.25, 0.3) is 0 Å². The molecular formula is C20H20ClN7O5S4. The Balaban J connectivity index is 1.52. The van der Waals surface area contributed by atoms with Gasteiger partial charge in [0.2, 0.25) is 0 Å². The number of pyridine rings is 1. The number of carboxylic acid groups (broad SMARTS) is 1. The number of nitrogens with zero attached hydrogens (tertiary/aromatic N) is 4. The van der Waals surface area contributed by atoms with Crippen molar-refractivity contribution in [3.63, 3.8) is 0 Å². The molecule has 2 aromatic rings. The van der Waals surface area contributed by atoms with Crippen molar-refractivity contribution in [1.82, 2.24) is 20.2 Å². The van der Waals surface area contributed by atoms with Crippen LogP contribution < -0.4 is 16.8 Å². The number of β-lactam (4-membered cyclic amide) rings is 1. The molecule has 0 aliphatic carbocycles. The highest BCUT2D eigenvalue weighted by Crippen LogP contribution is 2.45. The fourth-order valence-electron chi connectivity index (χ4n) is 3.55. The van der Waals surface area contributed by atoms with Crippen LogP contribution >= 0.6 is 58.2 Å². The van der Waals surface area contributed by atoms with Crippen molar-refractivity contribution in [3.05, 3.63) is 44.7 Å². The third-order valence-corrected chi connectivity index (χ3v) is 9.87. The van der Waals surface area contributed by atoms with Crippen LogP contribution in [0.15, 0.2) is 39.0 Å². The summed E-state index contributed by atoms with van der Waals surface area (Å²) in [7, 11) is 0. The highest BCUT2D eigenvalue weighted by molar-refractivity contribution is 8.06. The van der Waals surface area contributed by atoms with E-state index in [1.165, 1.54) is 23.5 Å². The van der Waals surface area contributed by atoms with E-state index >= 15 is 0 Å². The summed E-state index contributed by atoms with van der Waals surface area (Å²) < 4.78 is 0.0445. The number of hydrogen-bond donors (Lipinski definition) is 5. The van der Waals surface area contributed by atoms with Gasteiger partial charge in [0.15, 0.2) is 10.8 Å². The first-order valence-corrected chi connectivity index (χ1v) is 14.7. The lowest BCUT2D eigenvalue weighted by atomic mass is 10.0. The predicted molar refractivity (Wildman–Crippen MR) is 145 cm³/mol. The molecule has 12 nitrogen and oxygen atoms in total. The number of thiazole rings is 1. The van der Waals surface area contributed by atoms with Crippen molar-refractivity contribution in [2.24, 2.45) is 10.9 Å². The number of hydrogen-bond acceptors (Lipinski definition) is 13. The molecule has 0 radical (unpaired) electrons. The second-order valence-corrected chi connectivity index (χ2v) is 12.4. The van der Waals surface area contributed by atoms with E-state index in [1.54, 1.807) is 24.0 Å². The average molecular weight is 602 g/mol. The van der Waals surface area contributed by atoms with Crippen molar-refractivity contribution >= 4 is 86.9 Å². The Morgan fingerprint density at radius 2 is 2.19 bits per heavy atom. The number of aliphatic carboxylic acids is 1. The molecule has 0 spiro atoms. The number of carbonyl (C=O) groups is 3. The van der Waals surface area contributed by atoms with E-state index in [4.69, 9.17) is 23.1 Å². The van der Waals surface area contributed by atoms with Gasteiger partial charge in [0, 0.05) is 39.8 Å². The molecule has 0 unspecified atom stereocenters. The van der Waals surface area contributed by atoms with Crippen LogP contribution in [0.1, 0.15) is 11.4 Å². The molecule has 2 aliphatic rings. The summed E-state index contributed by atoms with van der Waals surface area (Å²) in [6.45, 7) is 0.539. The van der Waals surface area contributed by atoms with E-state index < -0.39 is 34.9 Å². The summed E-state index contributed by atoms with van der Waals surface area (Å²) in [5.41, 5.74) is 11.2. The maximum Gasteiger partial charge on any atom is 0.353 e. The van der Waals surface area contributed by atoms with Crippen LogP contribution in [0.5, 0.6) is 0 Å². The minimum absolute atomic E-state index is 0.0445. The van der Waals surface area contributed by atoms with Crippen LogP contribution in [0.2, 0.25) is 4.34 Å². The van der Waals surface area contributed by atoms with Crippen LogP contribution in [0, 0.1) is 0 Å². The smallest absolute Gasteiger partial charge is 0.353 e. The van der Waals surface area contributed by atoms with E-state index in [1.807, 2.05) is 6.07 Å². The molecule has 0 saturated carbocycles. The molecule has 2 atom stereocenters. The molecule has 0 bridgehead atoms. The molecule has 4 rings (SSSR count). The predicted octanol–water partition coefficient (Wildman–Crippen LogP) is 1.63. The minimum Gasteiger partial charge on any atom is -0.477 e. The SMILES string of the molecule is NCCSCc1ncccc1SC1=C(C(=O)O)N2C(=O)[C@@H](NC(=O)/C(=N\O)c3nc(N)sc3Cl)[C@@H]2SC1. The summed E-state index contributed by atoms with van der Waals surface area (Å²) in [6.07, 6.45) is 1.67. The van der Waals surface area contributed by atoms with Gasteiger partial charge in [-0.05, 0) is 12.1 Å². The Kier molecular flexibility index (Phi) is 8.86. The number of carboxylic acids is 1. The fraction of sp³-hybridized carbons (Fsp3) is 0.300. The molecular weight excluding hydrogens is 582 g/mol. The van der Waals surface area contributed by atoms with Crippen LogP contribution in [-0.2, 0) is 20.1 Å². The number of aromatic nitrogens is 2. The standard InChI is InChI=1S/C20H20ClN7O5S4/c21-15-11(26-20(23)37-15)12(27-33)16(29)25-13-17(30)28-14(19(31)32)10(7-35-18(13)28)36-9-2-1-4-24-8(9)6-34-5-3-22/h1-2,4,13,18,33H,3,5-7,22H2,(H2,23,26)(H,25,29)(H,31,32)/b27-12-/t13-,18+/m1/s1. The van der Waals surface area contributed by atoms with E-state index in [9.17, 15) is 24.7 Å². The lowest BCUT2D eigenvalue weighted by Crippen LogP contribution is -2.71. The number of anilines is 1. The zero-order valence-corrected chi connectivity index (χ0v) is 22.8. The highest BCUT2D eigenvalue weighted by Gasteiger charge is 2.54. The first kappa shape index (κ1) is 27.5. The van der Waals surface area contributed by atoms with E-state index in [-0.39, 0.29) is 20.9 Å². The van der Waals surface area contributed by atoms with Gasteiger partial charge in [-0.2, -0.15) is 11.8 Å². The first-order chi connectivity index (χ1) is 17.8. The summed E-state index contributed by atoms with van der Waals surface area (Å²) in [4.78, 5) is 48.7. The van der Waals surface area contributed by atoms with Gasteiger partial charge in [-0.15, -0.1) is 11.8 Å². The monoisotopic (exact) mass is 601 g/mol. The van der Waals surface area contributed by atoms with E-state index in [0.29, 0.717) is 23.0 Å². The number of halogens is 1. The molecule has 7 N–H and O–H groups in total. The second-order valence-electron chi connectivity index (χ2n) is 7.45. The van der Waals surface area contributed by atoms with Gasteiger partial charge in [0.1, 0.15) is 27.1 Å². The van der Waals surface area contributed by atoms with Gasteiger partial charge in [0.25, 0.3) is 11.8 Å². The molecule has 4 heterocycles. The van der Waals surface area contributed by atoms with Gasteiger partial charge >= 0.3 is 5.97 Å². The molecule has 2 aliphatic heterocycles. The average Bonchev–Trinajstić information content (AvgIpc) is 3.20. The molecule has 196 valence electrons. The number of oxime groups is 1. The van der Waals surface area contributed by atoms with Gasteiger partial charge in [-0.1, -0.05) is 39.9 Å². The maximum atomic E-state index is 13.0. The quantitative estimate of drug-likeness (QED) is 0.0868. The zero-order chi connectivity index (χ0) is 26.7. The third kappa shape index (κ3) is 5.68. The maximum absolute atomic E-state index is 13.0. The van der Waals surface area contributed by atoms with Crippen LogP contribution in [-0.4, -0.2) is 78.1 Å². The molecule has 1 saturated heterocycles. The molecule has 2 aromatic heterocycles. The first-order valence-electron chi connectivity index (χ1n) is 10.5. The number of fused-ring (bicyclic) bond motifs is 1. The van der Waals surface area contributed by atoms with Gasteiger partial charge in [-0.25, -0.2) is 9.78 Å². The van der Waals surface area contributed by atoms with Crippen molar-refractivity contribution in [3.8, 4) is 0 Å². The van der Waals surface area contributed by atoms with Crippen molar-refractivity contribution in [2.75, 3.05) is 23.8 Å². The Bertz CT molecular complexity index is 1300. The highest BCUT2D eigenvalue weighted by atomic mass is 35.5. The topological polar surface area (TPSA) is 197 Å². The fourth-order valence-corrected chi connectivity index (χ4v) is 7.88. The van der Waals surface area contributed by atoms with Gasteiger partial charge in [0.05, 0.1) is 5.69 Å². The van der Waals surface area contributed by atoms with E-state index in [0.717, 1.165) is 32.6 Å². The van der Waals surface area contributed by atoms with Crippen LogP contribution in [0.4, 0.5) is 5.13 Å². The lowest BCUT2D eigenvalue weighted by Gasteiger charge is -2.49. The normalized spacial score (nSPS) is 19.5. The van der Waals surface area contributed by atoms with E-state index in [2.05, 4.69) is 20.4 Å². The number of nitrogens with one attached hydrogen (secondary N) is 1. The third-order valence-electron chi connectivity index (χ3n) is 5.15. The number of rotatable bonds is 10. The molecule has 37 heavy (non-hydrogen) atoms. The van der Waals surface area contributed by atoms with Gasteiger partial charge in [-0.3, -0.25) is 19.5 Å². The van der Waals surface area contributed by atoms with Crippen LogP contribution in [0.3, 0.4) is 0 Å². The molecule has 1 fully saturated rings. The Morgan fingerprint density at radius 3 is 2.84 bits per heavy atom. The Labute approximate surface area is 232 Å². The van der Waals surface area contributed by atoms with Crippen molar-refractivity contribution in [2.45, 2.75) is 22.1 Å². The molecule has 2 amide bonds. The largest absolute Gasteiger partial charge is 0.477 e. The Hall–Kier alpha value is -2.50. The zero-order valence-electron chi connectivity index (χ0n) is 18.8.